The van der Waals surface area contributed by atoms with Gasteiger partial charge < -0.3 is 19.7 Å². The van der Waals surface area contributed by atoms with E-state index < -0.39 is 0 Å². The first kappa shape index (κ1) is 21.1. The third-order valence-corrected chi connectivity index (χ3v) is 4.38. The number of nitrogens with zero attached hydrogens (tertiary/aromatic N) is 8. The summed E-state index contributed by atoms with van der Waals surface area (Å²) >= 11 is 0. The molecule has 2 aromatic heterocycles. The molecular formula is C16H26IN9O. The Balaban J connectivity index is 0.00000261. The van der Waals surface area contributed by atoms with E-state index in [0.29, 0.717) is 26.2 Å². The molecule has 1 saturated heterocycles. The van der Waals surface area contributed by atoms with Crippen molar-refractivity contribution in [2.45, 2.75) is 19.9 Å². The van der Waals surface area contributed by atoms with E-state index in [1.165, 1.54) is 0 Å². The summed E-state index contributed by atoms with van der Waals surface area (Å²) in [5.74, 6) is 1.73. The number of aryl methyl sites for hydroxylation is 2. The molecule has 2 aromatic rings. The topological polar surface area (TPSA) is 96.5 Å². The Morgan fingerprint density at radius 1 is 1.37 bits per heavy atom. The highest BCUT2D eigenvalue weighted by Gasteiger charge is 2.27. The number of piperazine rings is 1. The van der Waals surface area contributed by atoms with Gasteiger partial charge >= 0.3 is 0 Å². The number of hydrogen-bond donors (Lipinski definition) is 1. The van der Waals surface area contributed by atoms with E-state index in [0.717, 1.165) is 30.4 Å². The first-order valence-corrected chi connectivity index (χ1v) is 8.73. The first-order valence-electron chi connectivity index (χ1n) is 8.73. The van der Waals surface area contributed by atoms with Crippen LogP contribution in [0, 0.1) is 0 Å². The van der Waals surface area contributed by atoms with Crippen molar-refractivity contribution in [2.24, 2.45) is 12.0 Å². The minimum Gasteiger partial charge on any atom is -0.354 e. The number of carbonyl (C=O) groups excluding carboxylic acids is 1. The number of carbonyl (C=O) groups is 1. The molecule has 0 aliphatic carbocycles. The highest BCUT2D eigenvalue weighted by atomic mass is 127. The maximum atomic E-state index is 12.5. The van der Waals surface area contributed by atoms with Crippen LogP contribution in [-0.4, -0.2) is 74.5 Å². The monoisotopic (exact) mass is 487 g/mol. The predicted octanol–water partition coefficient (Wildman–Crippen LogP) is 0.116. The molecule has 1 amide bonds. The van der Waals surface area contributed by atoms with Gasteiger partial charge in [0.05, 0.1) is 11.9 Å². The van der Waals surface area contributed by atoms with E-state index in [-0.39, 0.29) is 29.9 Å². The van der Waals surface area contributed by atoms with Gasteiger partial charge in [0.1, 0.15) is 18.7 Å². The predicted molar refractivity (Wildman–Crippen MR) is 113 cm³/mol. The van der Waals surface area contributed by atoms with Crippen molar-refractivity contribution in [3.05, 3.63) is 24.5 Å². The summed E-state index contributed by atoms with van der Waals surface area (Å²) in [6, 6.07) is 0. The van der Waals surface area contributed by atoms with Gasteiger partial charge in [0.15, 0.2) is 5.96 Å². The Labute approximate surface area is 175 Å². The van der Waals surface area contributed by atoms with Gasteiger partial charge in [0, 0.05) is 52.9 Å². The second kappa shape index (κ2) is 9.67. The van der Waals surface area contributed by atoms with E-state index in [1.54, 1.807) is 29.2 Å². The molecule has 1 aliphatic rings. The average Bonchev–Trinajstić information content (AvgIpc) is 3.27. The number of guanidine groups is 1. The van der Waals surface area contributed by atoms with Crippen LogP contribution in [0.1, 0.15) is 12.7 Å². The summed E-state index contributed by atoms with van der Waals surface area (Å²) in [6.07, 6.45) is 6.15. The van der Waals surface area contributed by atoms with Crippen LogP contribution in [0.15, 0.2) is 23.7 Å². The summed E-state index contributed by atoms with van der Waals surface area (Å²) in [4.78, 5) is 20.6. The first-order chi connectivity index (χ1) is 12.6. The van der Waals surface area contributed by atoms with Crippen molar-refractivity contribution >= 4 is 41.5 Å². The fourth-order valence-corrected chi connectivity index (χ4v) is 3.03. The Morgan fingerprint density at radius 2 is 2.19 bits per heavy atom. The second-order valence-electron chi connectivity index (χ2n) is 6.11. The number of amides is 1. The van der Waals surface area contributed by atoms with Gasteiger partial charge in [0.2, 0.25) is 5.91 Å². The molecule has 0 bridgehead atoms. The molecule has 1 aliphatic heterocycles. The lowest BCUT2D eigenvalue weighted by Crippen LogP contribution is -2.55. The average molecular weight is 487 g/mol. The Morgan fingerprint density at radius 3 is 2.81 bits per heavy atom. The van der Waals surface area contributed by atoms with Crippen molar-refractivity contribution in [3.8, 4) is 0 Å². The van der Waals surface area contributed by atoms with Crippen LogP contribution < -0.4 is 10.2 Å². The molecule has 0 spiro atoms. The molecule has 3 rings (SSSR count). The summed E-state index contributed by atoms with van der Waals surface area (Å²) in [6.45, 7) is 5.11. The summed E-state index contributed by atoms with van der Waals surface area (Å²) in [7, 11) is 3.58. The lowest BCUT2D eigenvalue weighted by molar-refractivity contribution is -0.120. The number of halogens is 1. The minimum atomic E-state index is 0. The maximum absolute atomic E-state index is 12.5. The fourth-order valence-electron chi connectivity index (χ4n) is 3.03. The smallest absolute Gasteiger partial charge is 0.246 e. The third kappa shape index (κ3) is 4.96. The highest BCUT2D eigenvalue weighted by molar-refractivity contribution is 14.0. The van der Waals surface area contributed by atoms with Crippen LogP contribution in [0.3, 0.4) is 0 Å². The van der Waals surface area contributed by atoms with Gasteiger partial charge in [-0.3, -0.25) is 14.5 Å². The van der Waals surface area contributed by atoms with E-state index in [9.17, 15) is 4.79 Å². The molecule has 3 heterocycles. The molecule has 0 aromatic carbocycles. The summed E-state index contributed by atoms with van der Waals surface area (Å²) in [5.41, 5.74) is 0.833. The Kier molecular flexibility index (Phi) is 7.56. The normalized spacial score (nSPS) is 15.1. The van der Waals surface area contributed by atoms with Crippen LogP contribution in [-0.2, 0) is 24.8 Å². The van der Waals surface area contributed by atoms with Gasteiger partial charge in [-0.2, -0.15) is 5.10 Å². The number of anilines is 1. The van der Waals surface area contributed by atoms with Crippen LogP contribution in [0.4, 0.5) is 5.69 Å². The molecule has 148 valence electrons. The minimum absolute atomic E-state index is 0. The van der Waals surface area contributed by atoms with Crippen molar-refractivity contribution < 1.29 is 4.79 Å². The largest absolute Gasteiger partial charge is 0.354 e. The van der Waals surface area contributed by atoms with E-state index >= 15 is 0 Å². The zero-order valence-corrected chi connectivity index (χ0v) is 18.2. The van der Waals surface area contributed by atoms with Crippen molar-refractivity contribution in [1.29, 1.82) is 0 Å². The zero-order chi connectivity index (χ0) is 18.5. The molecule has 1 N–H and O–H groups in total. The SMILES string of the molecule is CCc1nncn1CCNC(=NC)N1CCN(c2cnn(C)c2)C(=O)C1.I. The lowest BCUT2D eigenvalue weighted by atomic mass is 10.3. The van der Waals surface area contributed by atoms with Crippen molar-refractivity contribution in [3.63, 3.8) is 0 Å². The molecule has 11 heteroatoms. The Hall–Kier alpha value is -2.18. The fraction of sp³-hybridized carbons (Fsp3) is 0.562. The van der Waals surface area contributed by atoms with Gasteiger partial charge in [-0.05, 0) is 0 Å². The third-order valence-electron chi connectivity index (χ3n) is 4.38. The number of aliphatic imine (C=N–C) groups is 1. The lowest BCUT2D eigenvalue weighted by Gasteiger charge is -2.35. The number of hydrogen-bond acceptors (Lipinski definition) is 5. The molecule has 10 nitrogen and oxygen atoms in total. The van der Waals surface area contributed by atoms with Crippen LogP contribution in [0.2, 0.25) is 0 Å². The standard InChI is InChI=1S/C16H25N9O.HI/c1-4-14-21-19-12-24(14)6-5-18-16(17-2)23-7-8-25(15(26)11-23)13-9-20-22(3)10-13;/h9-10,12H,4-8,11H2,1-3H3,(H,17,18);1H. The van der Waals surface area contributed by atoms with Gasteiger partial charge in [0.25, 0.3) is 0 Å². The van der Waals surface area contributed by atoms with Crippen LogP contribution in [0.5, 0.6) is 0 Å². The highest BCUT2D eigenvalue weighted by Crippen LogP contribution is 2.15. The molecule has 0 atom stereocenters. The molecule has 27 heavy (non-hydrogen) atoms. The summed E-state index contributed by atoms with van der Waals surface area (Å²) < 4.78 is 3.72. The second-order valence-corrected chi connectivity index (χ2v) is 6.11. The van der Waals surface area contributed by atoms with Gasteiger partial charge in [-0.25, -0.2) is 0 Å². The van der Waals surface area contributed by atoms with Crippen LogP contribution >= 0.6 is 24.0 Å². The van der Waals surface area contributed by atoms with E-state index in [2.05, 4.69) is 32.5 Å². The number of rotatable bonds is 5. The Bertz CT molecular complexity index is 784. The molecule has 1 fully saturated rings. The summed E-state index contributed by atoms with van der Waals surface area (Å²) in [5, 5.41) is 15.5. The molecule has 0 unspecified atom stereocenters. The van der Waals surface area contributed by atoms with Crippen molar-refractivity contribution in [1.82, 2.24) is 34.8 Å². The molecule has 0 saturated carbocycles. The number of nitrogens with one attached hydrogen (secondary N) is 1. The van der Waals surface area contributed by atoms with Crippen LogP contribution in [0.25, 0.3) is 0 Å². The number of aromatic nitrogens is 5. The van der Waals surface area contributed by atoms with E-state index in [1.807, 2.05) is 22.7 Å². The molecular weight excluding hydrogens is 461 g/mol. The van der Waals surface area contributed by atoms with Crippen molar-refractivity contribution in [2.75, 3.05) is 38.1 Å². The quantitative estimate of drug-likeness (QED) is 0.366. The molecule has 0 radical (unpaired) electrons. The maximum Gasteiger partial charge on any atom is 0.246 e. The van der Waals surface area contributed by atoms with Gasteiger partial charge in [-0.15, -0.1) is 34.2 Å². The zero-order valence-electron chi connectivity index (χ0n) is 15.9. The van der Waals surface area contributed by atoms with E-state index in [4.69, 9.17) is 0 Å². The van der Waals surface area contributed by atoms with Gasteiger partial charge in [-0.1, -0.05) is 6.92 Å².